The molecule has 130 valence electrons. The van der Waals surface area contributed by atoms with Gasteiger partial charge in [-0.15, -0.1) is 11.8 Å². The molecule has 3 nitrogen and oxygen atoms in total. The third-order valence-electron chi connectivity index (χ3n) is 4.35. The van der Waals surface area contributed by atoms with Gasteiger partial charge in [0.05, 0.1) is 7.11 Å². The van der Waals surface area contributed by atoms with E-state index in [0.717, 1.165) is 29.7 Å². The number of rotatable bonds is 7. The molecular weight excluding hydrogens is 330 g/mol. The zero-order chi connectivity index (χ0) is 17.7. The minimum Gasteiger partial charge on any atom is -0.496 e. The van der Waals surface area contributed by atoms with Crippen LogP contribution in [0.15, 0.2) is 65.6 Å². The van der Waals surface area contributed by atoms with Gasteiger partial charge in [0.15, 0.2) is 0 Å². The molecular formula is C21H23NO2S. The standard InChI is InChI=1S/C21H23NO2S/c1-16(18-10-6-7-11-19(18)24-2)14-20(23)22-15-21(12-13-21)25-17-8-4-3-5-9-17/h3-11,14H,12-13,15H2,1-2H3,(H,22,23)/b16-14+. The maximum absolute atomic E-state index is 12.3. The first-order valence-corrected chi connectivity index (χ1v) is 9.27. The van der Waals surface area contributed by atoms with Gasteiger partial charge in [-0.25, -0.2) is 0 Å². The van der Waals surface area contributed by atoms with Crippen LogP contribution in [-0.4, -0.2) is 24.3 Å². The van der Waals surface area contributed by atoms with Crippen LogP contribution in [0.5, 0.6) is 5.75 Å². The minimum absolute atomic E-state index is 0.0525. The highest BCUT2D eigenvalue weighted by Crippen LogP contribution is 2.51. The summed E-state index contributed by atoms with van der Waals surface area (Å²) in [6, 6.07) is 18.1. The monoisotopic (exact) mass is 353 g/mol. The first-order chi connectivity index (χ1) is 12.1. The van der Waals surface area contributed by atoms with Crippen molar-refractivity contribution in [2.45, 2.75) is 29.4 Å². The van der Waals surface area contributed by atoms with Gasteiger partial charge in [0, 0.05) is 27.8 Å². The normalized spacial score (nSPS) is 15.5. The second-order valence-corrected chi connectivity index (χ2v) is 7.89. The summed E-state index contributed by atoms with van der Waals surface area (Å²) in [5.74, 6) is 0.727. The van der Waals surface area contributed by atoms with E-state index in [-0.39, 0.29) is 10.7 Å². The highest BCUT2D eigenvalue weighted by Gasteiger charge is 2.43. The van der Waals surface area contributed by atoms with E-state index in [2.05, 4.69) is 29.6 Å². The van der Waals surface area contributed by atoms with E-state index in [9.17, 15) is 4.79 Å². The number of hydrogen-bond donors (Lipinski definition) is 1. The molecule has 4 heteroatoms. The van der Waals surface area contributed by atoms with Gasteiger partial charge < -0.3 is 10.1 Å². The Bertz CT molecular complexity index is 766. The molecule has 0 radical (unpaired) electrons. The SMILES string of the molecule is COc1ccccc1/C(C)=C/C(=O)NCC1(Sc2ccccc2)CC1. The van der Waals surface area contributed by atoms with Crippen LogP contribution in [0.1, 0.15) is 25.3 Å². The summed E-state index contributed by atoms with van der Waals surface area (Å²) < 4.78 is 5.52. The van der Waals surface area contributed by atoms with E-state index < -0.39 is 0 Å². The quantitative estimate of drug-likeness (QED) is 0.743. The minimum atomic E-state index is -0.0525. The van der Waals surface area contributed by atoms with Crippen LogP contribution in [0.2, 0.25) is 0 Å². The fraction of sp³-hybridized carbons (Fsp3) is 0.286. The summed E-state index contributed by atoms with van der Waals surface area (Å²) in [6.45, 7) is 2.63. The van der Waals surface area contributed by atoms with Crippen molar-refractivity contribution in [3.8, 4) is 5.75 Å². The fourth-order valence-electron chi connectivity index (χ4n) is 2.74. The zero-order valence-electron chi connectivity index (χ0n) is 14.6. The van der Waals surface area contributed by atoms with Gasteiger partial charge >= 0.3 is 0 Å². The number of carbonyl (C=O) groups excluding carboxylic acids is 1. The molecule has 1 aliphatic carbocycles. The Kier molecular flexibility index (Phi) is 5.49. The molecule has 0 heterocycles. The van der Waals surface area contributed by atoms with Crippen LogP contribution in [0, 0.1) is 0 Å². The van der Waals surface area contributed by atoms with Gasteiger partial charge in [-0.2, -0.15) is 0 Å². The average Bonchev–Trinajstić information content (AvgIpc) is 3.40. The zero-order valence-corrected chi connectivity index (χ0v) is 15.4. The summed E-state index contributed by atoms with van der Waals surface area (Å²) in [5.41, 5.74) is 1.84. The van der Waals surface area contributed by atoms with Crippen molar-refractivity contribution in [3.05, 3.63) is 66.2 Å². The smallest absolute Gasteiger partial charge is 0.244 e. The van der Waals surface area contributed by atoms with Crippen molar-refractivity contribution in [1.82, 2.24) is 5.32 Å². The van der Waals surface area contributed by atoms with Gasteiger partial charge in [0.1, 0.15) is 5.75 Å². The number of para-hydroxylation sites is 1. The second kappa shape index (κ2) is 7.79. The Hall–Kier alpha value is -2.20. The summed E-state index contributed by atoms with van der Waals surface area (Å²) >= 11 is 1.86. The molecule has 1 amide bonds. The largest absolute Gasteiger partial charge is 0.496 e. The predicted molar refractivity (Wildman–Crippen MR) is 104 cm³/mol. The Labute approximate surface area is 153 Å². The number of nitrogens with one attached hydrogen (secondary N) is 1. The van der Waals surface area contributed by atoms with Crippen molar-refractivity contribution >= 4 is 23.2 Å². The number of allylic oxidation sites excluding steroid dienone is 1. The third-order valence-corrected chi connectivity index (χ3v) is 5.84. The van der Waals surface area contributed by atoms with Crippen LogP contribution < -0.4 is 10.1 Å². The van der Waals surface area contributed by atoms with Gasteiger partial charge in [-0.05, 0) is 43.5 Å². The molecule has 0 spiro atoms. The number of ether oxygens (including phenoxy) is 1. The number of amides is 1. The number of thioether (sulfide) groups is 1. The van der Waals surface area contributed by atoms with E-state index in [1.165, 1.54) is 4.90 Å². The van der Waals surface area contributed by atoms with Crippen LogP contribution in [-0.2, 0) is 4.79 Å². The van der Waals surface area contributed by atoms with Crippen LogP contribution in [0.4, 0.5) is 0 Å². The van der Waals surface area contributed by atoms with Gasteiger partial charge in [-0.3, -0.25) is 4.79 Å². The summed E-state index contributed by atoms with van der Waals surface area (Å²) in [6.07, 6.45) is 3.94. The highest BCUT2D eigenvalue weighted by atomic mass is 32.2. The Morgan fingerprint density at radius 2 is 1.84 bits per heavy atom. The topological polar surface area (TPSA) is 38.3 Å². The average molecular weight is 353 g/mol. The van der Waals surface area contributed by atoms with Crippen molar-refractivity contribution in [2.24, 2.45) is 0 Å². The third kappa shape index (κ3) is 4.67. The van der Waals surface area contributed by atoms with Crippen molar-refractivity contribution in [1.29, 1.82) is 0 Å². The van der Waals surface area contributed by atoms with Crippen molar-refractivity contribution < 1.29 is 9.53 Å². The molecule has 0 unspecified atom stereocenters. The number of benzene rings is 2. The van der Waals surface area contributed by atoms with Gasteiger partial charge in [-0.1, -0.05) is 36.4 Å². The first kappa shape index (κ1) is 17.6. The lowest BCUT2D eigenvalue weighted by Crippen LogP contribution is -2.30. The maximum Gasteiger partial charge on any atom is 0.244 e. The second-order valence-electron chi connectivity index (χ2n) is 6.34. The molecule has 1 aliphatic rings. The van der Waals surface area contributed by atoms with Crippen molar-refractivity contribution in [3.63, 3.8) is 0 Å². The molecule has 0 aliphatic heterocycles. The van der Waals surface area contributed by atoms with Gasteiger partial charge in [0.25, 0.3) is 0 Å². The molecule has 1 saturated carbocycles. The lowest BCUT2D eigenvalue weighted by Gasteiger charge is -2.15. The van der Waals surface area contributed by atoms with E-state index >= 15 is 0 Å². The van der Waals surface area contributed by atoms with Gasteiger partial charge in [0.2, 0.25) is 5.91 Å². The molecule has 2 aromatic carbocycles. The van der Waals surface area contributed by atoms with E-state index in [4.69, 9.17) is 4.74 Å². The highest BCUT2D eigenvalue weighted by molar-refractivity contribution is 8.01. The molecule has 1 fully saturated rings. The van der Waals surface area contributed by atoms with Crippen molar-refractivity contribution in [2.75, 3.05) is 13.7 Å². The van der Waals surface area contributed by atoms with E-state index in [1.54, 1.807) is 13.2 Å². The molecule has 1 N–H and O–H groups in total. The molecule has 0 atom stereocenters. The lowest BCUT2D eigenvalue weighted by molar-refractivity contribution is -0.116. The molecule has 0 saturated heterocycles. The summed E-state index contributed by atoms with van der Waals surface area (Å²) in [5, 5.41) is 3.07. The maximum atomic E-state index is 12.3. The number of hydrogen-bond acceptors (Lipinski definition) is 3. The van der Waals surface area contributed by atoms with E-state index in [1.807, 2.05) is 49.0 Å². The van der Waals surface area contributed by atoms with E-state index in [0.29, 0.717) is 6.54 Å². The molecule has 0 bridgehead atoms. The number of carbonyl (C=O) groups is 1. The summed E-state index contributed by atoms with van der Waals surface area (Å²) in [7, 11) is 1.64. The molecule has 2 aromatic rings. The van der Waals surface area contributed by atoms with Crippen LogP contribution in [0.3, 0.4) is 0 Å². The Balaban J connectivity index is 1.59. The van der Waals surface area contributed by atoms with Crippen LogP contribution >= 0.6 is 11.8 Å². The lowest BCUT2D eigenvalue weighted by atomic mass is 10.1. The van der Waals surface area contributed by atoms with Crippen LogP contribution in [0.25, 0.3) is 5.57 Å². The molecule has 0 aromatic heterocycles. The predicted octanol–water partition coefficient (Wildman–Crippen LogP) is 4.54. The summed E-state index contributed by atoms with van der Waals surface area (Å²) in [4.78, 5) is 13.6. The number of methoxy groups -OCH3 is 1. The Morgan fingerprint density at radius 3 is 2.52 bits per heavy atom. The molecule has 25 heavy (non-hydrogen) atoms. The Morgan fingerprint density at radius 1 is 1.16 bits per heavy atom. The molecule has 3 rings (SSSR count). The first-order valence-electron chi connectivity index (χ1n) is 8.45. The fourth-order valence-corrected chi connectivity index (χ4v) is 3.98.